The number of nitrogens with zero attached hydrogens (tertiary/aromatic N) is 1. The summed E-state index contributed by atoms with van der Waals surface area (Å²) in [6.45, 7) is 0. The second kappa shape index (κ2) is 5.64. The highest BCUT2D eigenvalue weighted by molar-refractivity contribution is 9.08. The van der Waals surface area contributed by atoms with E-state index >= 15 is 0 Å². The number of nitro groups is 1. The Hall–Kier alpha value is -1.88. The predicted octanol–water partition coefficient (Wildman–Crippen LogP) is 4.28. The van der Waals surface area contributed by atoms with Crippen LogP contribution in [0.4, 0.5) is 5.69 Å². The van der Waals surface area contributed by atoms with E-state index in [0.29, 0.717) is 16.8 Å². The number of rotatable bonds is 4. The quantitative estimate of drug-likeness (QED) is 0.481. The summed E-state index contributed by atoms with van der Waals surface area (Å²) in [4.78, 5) is 10.3. The van der Waals surface area contributed by atoms with Gasteiger partial charge in [-0.2, -0.15) is 0 Å². The molecule has 0 aliphatic carbocycles. The lowest BCUT2D eigenvalue weighted by molar-refractivity contribution is -0.384. The van der Waals surface area contributed by atoms with Crippen LogP contribution in [0.15, 0.2) is 48.5 Å². The van der Waals surface area contributed by atoms with Crippen molar-refractivity contribution < 1.29 is 9.66 Å². The highest BCUT2D eigenvalue weighted by Crippen LogP contribution is 2.29. The summed E-state index contributed by atoms with van der Waals surface area (Å²) in [6, 6.07) is 13.9. The third-order valence-electron chi connectivity index (χ3n) is 2.37. The van der Waals surface area contributed by atoms with Gasteiger partial charge in [-0.1, -0.05) is 34.1 Å². The third kappa shape index (κ3) is 2.87. The number of non-ortho nitro benzene ring substituents is 1. The molecular formula is C13H10BrNO3. The topological polar surface area (TPSA) is 52.4 Å². The van der Waals surface area contributed by atoms with E-state index in [1.165, 1.54) is 12.1 Å². The van der Waals surface area contributed by atoms with E-state index in [0.717, 1.165) is 5.56 Å². The summed E-state index contributed by atoms with van der Waals surface area (Å²) in [5.74, 6) is 1.32. The van der Waals surface area contributed by atoms with Crippen molar-refractivity contribution in [3.8, 4) is 11.5 Å². The molecule has 0 aliphatic rings. The van der Waals surface area contributed by atoms with Crippen LogP contribution in [0, 0.1) is 10.1 Å². The van der Waals surface area contributed by atoms with Crippen molar-refractivity contribution in [2.45, 2.75) is 5.33 Å². The average molecular weight is 308 g/mol. The lowest BCUT2D eigenvalue weighted by atomic mass is 10.2. The first kappa shape index (κ1) is 12.6. The van der Waals surface area contributed by atoms with Crippen LogP contribution in [0.3, 0.4) is 0 Å². The zero-order valence-corrected chi connectivity index (χ0v) is 11.0. The molecule has 2 aromatic rings. The minimum Gasteiger partial charge on any atom is -0.457 e. The Balaban J connectivity index is 2.31. The van der Waals surface area contributed by atoms with Crippen LogP contribution < -0.4 is 4.74 Å². The molecule has 0 atom stereocenters. The van der Waals surface area contributed by atoms with Gasteiger partial charge in [0, 0.05) is 23.0 Å². The number of para-hydroxylation sites is 1. The monoisotopic (exact) mass is 307 g/mol. The molecule has 0 N–H and O–H groups in total. The third-order valence-corrected chi connectivity index (χ3v) is 2.97. The minimum absolute atomic E-state index is 0.0601. The van der Waals surface area contributed by atoms with E-state index in [-0.39, 0.29) is 5.69 Å². The molecule has 0 radical (unpaired) electrons. The van der Waals surface area contributed by atoms with Crippen molar-refractivity contribution in [1.82, 2.24) is 0 Å². The molecule has 0 bridgehead atoms. The molecule has 2 rings (SSSR count). The molecule has 0 saturated carbocycles. The first-order chi connectivity index (χ1) is 8.70. The second-order valence-electron chi connectivity index (χ2n) is 3.60. The highest BCUT2D eigenvalue weighted by atomic mass is 79.9. The van der Waals surface area contributed by atoms with Gasteiger partial charge >= 0.3 is 0 Å². The highest BCUT2D eigenvalue weighted by Gasteiger charge is 2.11. The van der Waals surface area contributed by atoms with Crippen LogP contribution in [0.5, 0.6) is 11.5 Å². The summed E-state index contributed by atoms with van der Waals surface area (Å²) >= 11 is 3.30. The Kier molecular flexibility index (Phi) is 3.94. The molecule has 92 valence electrons. The Morgan fingerprint density at radius 2 is 1.89 bits per heavy atom. The second-order valence-corrected chi connectivity index (χ2v) is 4.16. The van der Waals surface area contributed by atoms with Crippen LogP contribution in [0.2, 0.25) is 0 Å². The number of hydrogen-bond acceptors (Lipinski definition) is 3. The first-order valence-corrected chi connectivity index (χ1v) is 6.39. The fourth-order valence-corrected chi connectivity index (χ4v) is 1.94. The lowest BCUT2D eigenvalue weighted by Gasteiger charge is -2.09. The van der Waals surface area contributed by atoms with Crippen molar-refractivity contribution in [2.75, 3.05) is 0 Å². The van der Waals surface area contributed by atoms with E-state index in [2.05, 4.69) is 15.9 Å². The van der Waals surface area contributed by atoms with E-state index in [1.807, 2.05) is 30.3 Å². The Labute approximate surface area is 112 Å². The van der Waals surface area contributed by atoms with Crippen molar-refractivity contribution >= 4 is 21.6 Å². The van der Waals surface area contributed by atoms with Gasteiger partial charge in [-0.05, 0) is 18.2 Å². The maximum Gasteiger partial charge on any atom is 0.270 e. The van der Waals surface area contributed by atoms with Crippen molar-refractivity contribution in [1.29, 1.82) is 0 Å². The number of nitro benzene ring substituents is 1. The normalized spacial score (nSPS) is 10.1. The van der Waals surface area contributed by atoms with Crippen LogP contribution in [-0.2, 0) is 5.33 Å². The van der Waals surface area contributed by atoms with E-state index in [1.54, 1.807) is 6.07 Å². The molecule has 5 heteroatoms. The minimum atomic E-state index is -0.418. The molecule has 2 aromatic carbocycles. The number of benzene rings is 2. The number of alkyl halides is 1. The molecular weight excluding hydrogens is 298 g/mol. The predicted molar refractivity (Wildman–Crippen MR) is 72.2 cm³/mol. The summed E-state index contributed by atoms with van der Waals surface area (Å²) in [7, 11) is 0. The van der Waals surface area contributed by atoms with E-state index in [9.17, 15) is 10.1 Å². The van der Waals surface area contributed by atoms with Crippen molar-refractivity contribution in [3.63, 3.8) is 0 Å². The molecule has 0 aliphatic heterocycles. The van der Waals surface area contributed by atoms with Crippen LogP contribution in [0.25, 0.3) is 0 Å². The largest absolute Gasteiger partial charge is 0.457 e. The van der Waals surface area contributed by atoms with Gasteiger partial charge in [0.1, 0.15) is 11.5 Å². The molecule has 0 heterocycles. The zero-order chi connectivity index (χ0) is 13.0. The molecule has 0 saturated heterocycles. The molecule has 4 nitrogen and oxygen atoms in total. The fraction of sp³-hybridized carbons (Fsp3) is 0.0769. The zero-order valence-electron chi connectivity index (χ0n) is 9.38. The molecule has 0 unspecified atom stereocenters. The van der Waals surface area contributed by atoms with Gasteiger partial charge in [0.25, 0.3) is 5.69 Å². The van der Waals surface area contributed by atoms with Crippen LogP contribution >= 0.6 is 15.9 Å². The molecule has 18 heavy (non-hydrogen) atoms. The summed E-state index contributed by atoms with van der Waals surface area (Å²) in [6.07, 6.45) is 0. The fourth-order valence-electron chi connectivity index (χ4n) is 1.50. The van der Waals surface area contributed by atoms with Crippen LogP contribution in [-0.4, -0.2) is 4.92 Å². The van der Waals surface area contributed by atoms with Gasteiger partial charge in [0.15, 0.2) is 0 Å². The standard InChI is InChI=1S/C13H10BrNO3/c14-9-10-8-11(15(16)17)6-7-13(10)18-12-4-2-1-3-5-12/h1-8H,9H2. The van der Waals surface area contributed by atoms with Gasteiger partial charge in [-0.3, -0.25) is 10.1 Å². The molecule has 0 fully saturated rings. The van der Waals surface area contributed by atoms with Gasteiger partial charge in [0.2, 0.25) is 0 Å². The molecule has 0 amide bonds. The number of hydrogen-bond donors (Lipinski definition) is 0. The van der Waals surface area contributed by atoms with Crippen molar-refractivity contribution in [3.05, 3.63) is 64.2 Å². The maximum absolute atomic E-state index is 10.7. The molecule has 0 spiro atoms. The summed E-state index contributed by atoms with van der Waals surface area (Å²) < 4.78 is 5.68. The maximum atomic E-state index is 10.7. The van der Waals surface area contributed by atoms with Crippen molar-refractivity contribution in [2.24, 2.45) is 0 Å². The smallest absolute Gasteiger partial charge is 0.270 e. The number of ether oxygens (including phenoxy) is 1. The molecule has 0 aromatic heterocycles. The van der Waals surface area contributed by atoms with Gasteiger partial charge in [-0.15, -0.1) is 0 Å². The summed E-state index contributed by atoms with van der Waals surface area (Å²) in [5, 5.41) is 11.2. The van der Waals surface area contributed by atoms with Crippen LogP contribution in [0.1, 0.15) is 5.56 Å². The van der Waals surface area contributed by atoms with Gasteiger partial charge in [-0.25, -0.2) is 0 Å². The van der Waals surface area contributed by atoms with E-state index < -0.39 is 4.92 Å². The summed E-state index contributed by atoms with van der Waals surface area (Å²) in [5.41, 5.74) is 0.804. The van der Waals surface area contributed by atoms with Gasteiger partial charge < -0.3 is 4.74 Å². The van der Waals surface area contributed by atoms with E-state index in [4.69, 9.17) is 4.74 Å². The Bertz CT molecular complexity index is 557. The Morgan fingerprint density at radius 3 is 2.50 bits per heavy atom. The lowest BCUT2D eigenvalue weighted by Crippen LogP contribution is -1.93. The van der Waals surface area contributed by atoms with Gasteiger partial charge in [0.05, 0.1) is 4.92 Å². The first-order valence-electron chi connectivity index (χ1n) is 5.27. The Morgan fingerprint density at radius 1 is 1.17 bits per heavy atom. The average Bonchev–Trinajstić information content (AvgIpc) is 2.40. The SMILES string of the molecule is O=[N+]([O-])c1ccc(Oc2ccccc2)c(CBr)c1. The number of halogens is 1.